The summed E-state index contributed by atoms with van der Waals surface area (Å²) in [5.74, 6) is 0.727. The number of imidazole rings is 1. The van der Waals surface area contributed by atoms with Crippen LogP contribution >= 0.6 is 0 Å². The van der Waals surface area contributed by atoms with Gasteiger partial charge in [-0.2, -0.15) is 8.78 Å². The highest BCUT2D eigenvalue weighted by molar-refractivity contribution is 5.70. The number of ether oxygens (including phenoxy) is 1. The molecule has 0 saturated heterocycles. The van der Waals surface area contributed by atoms with Crippen LogP contribution in [0.2, 0.25) is 0 Å². The van der Waals surface area contributed by atoms with Gasteiger partial charge in [-0.15, -0.1) is 0 Å². The Bertz CT molecular complexity index is 1450. The predicted molar refractivity (Wildman–Crippen MR) is 129 cm³/mol. The monoisotopic (exact) mass is 491 g/mol. The average Bonchev–Trinajstić information content (AvgIpc) is 3.19. The van der Waals surface area contributed by atoms with Crippen LogP contribution in [0.15, 0.2) is 61.1 Å². The van der Waals surface area contributed by atoms with Crippen molar-refractivity contribution in [3.05, 3.63) is 83.8 Å². The number of hydrogen-bond acceptors (Lipinski definition) is 5. The number of aromatic nitrogens is 4. The topological polar surface area (TPSA) is 92.9 Å². The second kappa shape index (κ2) is 9.73. The second-order valence-corrected chi connectivity index (χ2v) is 8.46. The molecule has 3 aromatic heterocycles. The molecule has 1 N–H and O–H groups in total. The highest BCUT2D eigenvalue weighted by Crippen LogP contribution is 2.27. The minimum atomic E-state index is -2.90. The van der Waals surface area contributed by atoms with Gasteiger partial charge in [0.25, 0.3) is 0 Å². The number of hydrogen-bond donors (Lipinski definition) is 1. The van der Waals surface area contributed by atoms with Gasteiger partial charge in [-0.3, -0.25) is 0 Å². The van der Waals surface area contributed by atoms with Crippen molar-refractivity contribution in [3.8, 4) is 16.9 Å². The molecule has 1 aromatic carbocycles. The van der Waals surface area contributed by atoms with Crippen molar-refractivity contribution in [2.45, 2.75) is 26.4 Å². The highest BCUT2D eigenvalue weighted by atomic mass is 19.3. The Kier molecular flexibility index (Phi) is 6.32. The van der Waals surface area contributed by atoms with Gasteiger partial charge >= 0.3 is 12.7 Å². The van der Waals surface area contributed by atoms with Crippen molar-refractivity contribution in [2.75, 3.05) is 13.1 Å². The van der Waals surface area contributed by atoms with E-state index in [4.69, 9.17) is 9.84 Å². The van der Waals surface area contributed by atoms with Crippen molar-refractivity contribution in [1.29, 1.82) is 0 Å². The van der Waals surface area contributed by atoms with Crippen LogP contribution in [0.4, 0.5) is 13.6 Å². The summed E-state index contributed by atoms with van der Waals surface area (Å²) < 4.78 is 32.4. The number of fused-ring (bicyclic) bond motifs is 1. The summed E-state index contributed by atoms with van der Waals surface area (Å²) in [6.07, 6.45) is 7.25. The van der Waals surface area contributed by atoms with Crippen LogP contribution in [-0.2, 0) is 6.42 Å². The number of rotatable bonds is 6. The van der Waals surface area contributed by atoms with E-state index in [9.17, 15) is 13.6 Å². The van der Waals surface area contributed by atoms with E-state index in [1.54, 1.807) is 30.6 Å². The number of halogens is 2. The van der Waals surface area contributed by atoms with Gasteiger partial charge in [0, 0.05) is 60.5 Å². The second-order valence-electron chi connectivity index (χ2n) is 8.46. The number of benzene rings is 1. The van der Waals surface area contributed by atoms with Crippen LogP contribution in [0, 0.1) is 6.92 Å². The van der Waals surface area contributed by atoms with Crippen LogP contribution in [0.3, 0.4) is 0 Å². The molecule has 0 atom stereocenters. The Morgan fingerprint density at radius 3 is 2.61 bits per heavy atom. The number of aryl methyl sites for hydroxylation is 1. The van der Waals surface area contributed by atoms with E-state index in [0.29, 0.717) is 37.3 Å². The molecule has 0 radical (unpaired) electrons. The SMILES string of the molecule is Cc1nc2ccc(-c3cnc(C4=CCN(C(=O)O)CC4)nc3)cn2c1Cc1ccccc1OC(F)F. The van der Waals surface area contributed by atoms with E-state index < -0.39 is 12.7 Å². The number of pyridine rings is 1. The van der Waals surface area contributed by atoms with E-state index in [1.165, 1.54) is 11.0 Å². The van der Waals surface area contributed by atoms with Crippen molar-refractivity contribution in [3.63, 3.8) is 0 Å². The van der Waals surface area contributed by atoms with Crippen molar-refractivity contribution in [2.24, 2.45) is 0 Å². The summed E-state index contributed by atoms with van der Waals surface area (Å²) in [5, 5.41) is 9.11. The molecule has 1 amide bonds. The average molecular weight is 491 g/mol. The zero-order valence-electron chi connectivity index (χ0n) is 19.4. The lowest BCUT2D eigenvalue weighted by atomic mass is 10.1. The normalized spacial score (nSPS) is 13.8. The molecular weight excluding hydrogens is 468 g/mol. The maximum absolute atomic E-state index is 12.9. The van der Waals surface area contributed by atoms with Crippen LogP contribution in [0.25, 0.3) is 22.3 Å². The molecule has 0 unspecified atom stereocenters. The molecule has 4 heterocycles. The molecule has 0 aliphatic carbocycles. The summed E-state index contributed by atoms with van der Waals surface area (Å²) in [7, 11) is 0. The Morgan fingerprint density at radius 2 is 1.92 bits per heavy atom. The number of nitrogens with zero attached hydrogens (tertiary/aromatic N) is 5. The van der Waals surface area contributed by atoms with Crippen molar-refractivity contribution in [1.82, 2.24) is 24.3 Å². The maximum Gasteiger partial charge on any atom is 0.407 e. The first-order valence-electron chi connectivity index (χ1n) is 11.4. The molecule has 4 aromatic rings. The summed E-state index contributed by atoms with van der Waals surface area (Å²) in [5.41, 5.74) is 5.65. The van der Waals surface area contributed by atoms with Gasteiger partial charge in [-0.05, 0) is 37.1 Å². The van der Waals surface area contributed by atoms with E-state index in [-0.39, 0.29) is 5.75 Å². The zero-order chi connectivity index (χ0) is 25.2. The summed E-state index contributed by atoms with van der Waals surface area (Å²) in [4.78, 5) is 26.1. The Morgan fingerprint density at radius 1 is 1.14 bits per heavy atom. The lowest BCUT2D eigenvalue weighted by Gasteiger charge is -2.22. The first-order valence-corrected chi connectivity index (χ1v) is 11.4. The van der Waals surface area contributed by atoms with Gasteiger partial charge in [0.05, 0.1) is 5.69 Å². The molecule has 10 heteroatoms. The number of para-hydroxylation sites is 1. The van der Waals surface area contributed by atoms with Gasteiger partial charge in [0.2, 0.25) is 0 Å². The molecule has 36 heavy (non-hydrogen) atoms. The molecule has 0 spiro atoms. The van der Waals surface area contributed by atoms with E-state index >= 15 is 0 Å². The first kappa shape index (κ1) is 23.4. The van der Waals surface area contributed by atoms with E-state index in [1.807, 2.05) is 35.7 Å². The fraction of sp³-hybridized carbons (Fsp3) is 0.231. The molecule has 0 bridgehead atoms. The summed E-state index contributed by atoms with van der Waals surface area (Å²) in [6, 6.07) is 10.6. The molecule has 5 rings (SSSR count). The molecule has 184 valence electrons. The summed E-state index contributed by atoms with van der Waals surface area (Å²) >= 11 is 0. The van der Waals surface area contributed by atoms with Crippen LogP contribution < -0.4 is 4.74 Å². The molecular formula is C26H23F2N5O3. The Balaban J connectivity index is 1.42. The van der Waals surface area contributed by atoms with Crippen LogP contribution in [0.1, 0.15) is 29.2 Å². The minimum absolute atomic E-state index is 0.144. The fourth-order valence-electron chi connectivity index (χ4n) is 4.32. The van der Waals surface area contributed by atoms with Gasteiger partial charge in [0.1, 0.15) is 11.4 Å². The minimum Gasteiger partial charge on any atom is -0.465 e. The van der Waals surface area contributed by atoms with Crippen molar-refractivity contribution >= 4 is 17.3 Å². The number of carbonyl (C=O) groups is 1. The van der Waals surface area contributed by atoms with Gasteiger partial charge in [0.15, 0.2) is 5.82 Å². The number of amides is 1. The van der Waals surface area contributed by atoms with E-state index in [0.717, 1.165) is 33.7 Å². The van der Waals surface area contributed by atoms with Gasteiger partial charge in [-0.1, -0.05) is 24.3 Å². The fourth-order valence-corrected chi connectivity index (χ4v) is 4.32. The summed E-state index contributed by atoms with van der Waals surface area (Å²) in [6.45, 7) is -0.276. The molecule has 1 aliphatic rings. The lowest BCUT2D eigenvalue weighted by Crippen LogP contribution is -2.33. The van der Waals surface area contributed by atoms with Crippen LogP contribution in [-0.4, -0.2) is 55.2 Å². The molecule has 0 fully saturated rings. The predicted octanol–water partition coefficient (Wildman–Crippen LogP) is 5.06. The molecule has 0 saturated carbocycles. The maximum atomic E-state index is 12.9. The van der Waals surface area contributed by atoms with Crippen LogP contribution in [0.5, 0.6) is 5.75 Å². The third-order valence-corrected chi connectivity index (χ3v) is 6.22. The smallest absolute Gasteiger partial charge is 0.407 e. The third-order valence-electron chi connectivity index (χ3n) is 6.22. The number of alkyl halides is 2. The largest absolute Gasteiger partial charge is 0.465 e. The van der Waals surface area contributed by atoms with Gasteiger partial charge < -0.3 is 19.1 Å². The lowest BCUT2D eigenvalue weighted by molar-refractivity contribution is -0.0504. The number of carboxylic acid groups (broad SMARTS) is 1. The highest BCUT2D eigenvalue weighted by Gasteiger charge is 2.19. The Labute approximate surface area is 205 Å². The molecule has 8 nitrogen and oxygen atoms in total. The zero-order valence-corrected chi connectivity index (χ0v) is 19.4. The van der Waals surface area contributed by atoms with E-state index in [2.05, 4.69) is 15.0 Å². The standard InChI is InChI=1S/C26H23F2N5O3/c1-16-21(12-18-4-2-3-5-22(18)36-25(27)28)33-15-19(6-7-23(33)31-16)20-13-29-24(30-14-20)17-8-10-32(11-9-17)26(34)35/h2-8,13-15,25H,9-12H2,1H3,(H,34,35). The Hall–Kier alpha value is -4.34. The van der Waals surface area contributed by atoms with Gasteiger partial charge in [-0.25, -0.2) is 19.7 Å². The first-order chi connectivity index (χ1) is 17.4. The molecule has 1 aliphatic heterocycles. The quantitative estimate of drug-likeness (QED) is 0.405. The van der Waals surface area contributed by atoms with Crippen molar-refractivity contribution < 1.29 is 23.4 Å². The third kappa shape index (κ3) is 4.74.